The third-order valence-electron chi connectivity index (χ3n) is 4.46. The molecule has 0 spiro atoms. The van der Waals surface area contributed by atoms with E-state index in [0.717, 1.165) is 5.69 Å². The van der Waals surface area contributed by atoms with Gasteiger partial charge in [0.25, 0.3) is 5.91 Å². The minimum atomic E-state index is -0.202. The largest absolute Gasteiger partial charge is 0.466 e. The smallest absolute Gasteiger partial charge is 0.259 e. The van der Waals surface area contributed by atoms with Gasteiger partial charge in [0, 0.05) is 23.6 Å². The summed E-state index contributed by atoms with van der Waals surface area (Å²) >= 11 is 0. The maximum Gasteiger partial charge on any atom is 0.259 e. The van der Waals surface area contributed by atoms with Crippen molar-refractivity contribution < 1.29 is 9.21 Å². The molecule has 0 fully saturated rings. The maximum absolute atomic E-state index is 12.4. The number of rotatable bonds is 6. The first kappa shape index (κ1) is 20.1. The number of pyridine rings is 1. The highest BCUT2D eigenvalue weighted by atomic mass is 16.3. The van der Waals surface area contributed by atoms with Gasteiger partial charge in [-0.15, -0.1) is 0 Å². The Bertz CT molecular complexity index is 1200. The van der Waals surface area contributed by atoms with Gasteiger partial charge >= 0.3 is 0 Å². The van der Waals surface area contributed by atoms with Crippen molar-refractivity contribution in [3.63, 3.8) is 0 Å². The molecule has 31 heavy (non-hydrogen) atoms. The average molecular weight is 414 g/mol. The first-order valence-electron chi connectivity index (χ1n) is 9.75. The van der Waals surface area contributed by atoms with E-state index in [1.54, 1.807) is 25.3 Å². The molecule has 0 bridgehead atoms. The van der Waals surface area contributed by atoms with Crippen molar-refractivity contribution in [2.75, 3.05) is 16.0 Å². The molecule has 0 unspecified atom stereocenters. The minimum Gasteiger partial charge on any atom is -0.466 e. The second kappa shape index (κ2) is 8.66. The highest BCUT2D eigenvalue weighted by Crippen LogP contribution is 2.22. The molecule has 3 N–H and O–H groups in total. The minimum absolute atomic E-state index is 0.202. The summed E-state index contributed by atoms with van der Waals surface area (Å²) in [4.78, 5) is 25.5. The van der Waals surface area contributed by atoms with E-state index in [-0.39, 0.29) is 5.91 Å². The Kier molecular flexibility index (Phi) is 5.61. The van der Waals surface area contributed by atoms with Gasteiger partial charge in [-0.3, -0.25) is 4.79 Å². The zero-order chi connectivity index (χ0) is 21.8. The number of amides is 1. The van der Waals surface area contributed by atoms with Gasteiger partial charge in [-0.25, -0.2) is 15.0 Å². The van der Waals surface area contributed by atoms with Crippen molar-refractivity contribution in [2.45, 2.75) is 20.8 Å². The van der Waals surface area contributed by atoms with E-state index in [2.05, 4.69) is 30.9 Å². The van der Waals surface area contributed by atoms with Gasteiger partial charge in [0.1, 0.15) is 34.8 Å². The highest BCUT2D eigenvalue weighted by Gasteiger charge is 2.13. The number of aromatic nitrogens is 3. The Labute approximate surface area is 179 Å². The van der Waals surface area contributed by atoms with Gasteiger partial charge in [-0.2, -0.15) is 0 Å². The summed E-state index contributed by atoms with van der Waals surface area (Å²) in [5.41, 5.74) is 2.05. The van der Waals surface area contributed by atoms with Crippen LogP contribution in [0.3, 0.4) is 0 Å². The van der Waals surface area contributed by atoms with Crippen LogP contribution in [-0.2, 0) is 0 Å². The van der Waals surface area contributed by atoms with E-state index in [4.69, 9.17) is 4.42 Å². The normalized spacial score (nSPS) is 10.5. The van der Waals surface area contributed by atoms with Gasteiger partial charge in [-0.1, -0.05) is 6.07 Å². The molecular formula is C23H22N6O2. The molecule has 0 aliphatic carbocycles. The third-order valence-corrected chi connectivity index (χ3v) is 4.46. The number of nitrogens with zero attached hydrogens (tertiary/aromatic N) is 3. The van der Waals surface area contributed by atoms with Crippen molar-refractivity contribution in [1.82, 2.24) is 15.0 Å². The lowest BCUT2D eigenvalue weighted by Crippen LogP contribution is -2.12. The lowest BCUT2D eigenvalue weighted by atomic mass is 10.2. The molecule has 8 heteroatoms. The Balaban J connectivity index is 1.44. The van der Waals surface area contributed by atoms with Crippen LogP contribution in [0.5, 0.6) is 0 Å². The number of benzene rings is 1. The van der Waals surface area contributed by atoms with Crippen LogP contribution in [0, 0.1) is 20.8 Å². The van der Waals surface area contributed by atoms with E-state index in [0.29, 0.717) is 46.0 Å². The summed E-state index contributed by atoms with van der Waals surface area (Å²) < 4.78 is 5.42. The van der Waals surface area contributed by atoms with Crippen LogP contribution in [-0.4, -0.2) is 20.9 Å². The molecule has 0 radical (unpaired) electrons. The van der Waals surface area contributed by atoms with E-state index in [1.165, 1.54) is 0 Å². The van der Waals surface area contributed by atoms with Crippen molar-refractivity contribution in [3.8, 4) is 0 Å². The molecule has 156 valence electrons. The van der Waals surface area contributed by atoms with Crippen LogP contribution in [0.15, 0.2) is 65.2 Å². The van der Waals surface area contributed by atoms with E-state index in [1.807, 2.05) is 56.3 Å². The van der Waals surface area contributed by atoms with Gasteiger partial charge < -0.3 is 20.4 Å². The van der Waals surface area contributed by atoms with Crippen LogP contribution in [0.1, 0.15) is 27.7 Å². The first-order valence-corrected chi connectivity index (χ1v) is 9.75. The number of hydrogen-bond acceptors (Lipinski definition) is 7. The van der Waals surface area contributed by atoms with Crippen LogP contribution < -0.4 is 16.0 Å². The predicted molar refractivity (Wildman–Crippen MR) is 120 cm³/mol. The Morgan fingerprint density at radius 1 is 0.839 bits per heavy atom. The molecule has 3 aromatic heterocycles. The fourth-order valence-electron chi connectivity index (χ4n) is 3.10. The van der Waals surface area contributed by atoms with Crippen LogP contribution in [0.25, 0.3) is 0 Å². The molecule has 4 aromatic rings. The molecule has 8 nitrogen and oxygen atoms in total. The number of anilines is 5. The van der Waals surface area contributed by atoms with Crippen molar-refractivity contribution in [2.24, 2.45) is 0 Å². The number of furan rings is 1. The maximum atomic E-state index is 12.4. The van der Waals surface area contributed by atoms with Crippen LogP contribution in [0.4, 0.5) is 28.8 Å². The summed E-state index contributed by atoms with van der Waals surface area (Å²) in [6.45, 7) is 5.42. The standard InChI is InChI=1S/C23H22N6O2/c1-14-12-19(15(2)31-14)23(30)28-18-9-7-17(8-10-18)27-21-13-22(26-16(3)25-21)29-20-6-4-5-11-24-20/h4-13H,1-3H3,(H,28,30)(H2,24,25,26,27,29). The Morgan fingerprint density at radius 3 is 2.19 bits per heavy atom. The molecule has 0 aliphatic heterocycles. The highest BCUT2D eigenvalue weighted by molar-refractivity contribution is 6.05. The van der Waals surface area contributed by atoms with Gasteiger partial charge in [0.2, 0.25) is 0 Å². The van der Waals surface area contributed by atoms with Crippen molar-refractivity contribution in [3.05, 3.63) is 83.7 Å². The number of carbonyl (C=O) groups is 1. The lowest BCUT2D eigenvalue weighted by molar-refractivity contribution is 0.102. The summed E-state index contributed by atoms with van der Waals surface area (Å²) in [6.07, 6.45) is 1.71. The average Bonchev–Trinajstić information content (AvgIpc) is 3.08. The molecule has 0 saturated carbocycles. The SMILES string of the molecule is Cc1nc(Nc2ccc(NC(=O)c3cc(C)oc3C)cc2)cc(Nc2ccccn2)n1. The second-order valence-electron chi connectivity index (χ2n) is 7.01. The zero-order valence-corrected chi connectivity index (χ0v) is 17.4. The number of aryl methyl sites for hydroxylation is 3. The first-order chi connectivity index (χ1) is 15.0. The zero-order valence-electron chi connectivity index (χ0n) is 17.4. The molecule has 3 heterocycles. The predicted octanol–water partition coefficient (Wildman–Crippen LogP) is 5.13. The monoisotopic (exact) mass is 414 g/mol. The molecule has 1 aromatic carbocycles. The fourth-order valence-corrected chi connectivity index (χ4v) is 3.10. The second-order valence-corrected chi connectivity index (χ2v) is 7.01. The van der Waals surface area contributed by atoms with E-state index in [9.17, 15) is 4.79 Å². The molecular weight excluding hydrogens is 392 g/mol. The molecule has 0 saturated heterocycles. The molecule has 0 aliphatic rings. The molecule has 1 amide bonds. The van der Waals surface area contributed by atoms with Gasteiger partial charge in [-0.05, 0) is 63.2 Å². The summed E-state index contributed by atoms with van der Waals surface area (Å²) in [7, 11) is 0. The lowest BCUT2D eigenvalue weighted by Gasteiger charge is -2.11. The van der Waals surface area contributed by atoms with Crippen LogP contribution in [0.2, 0.25) is 0 Å². The molecule has 0 atom stereocenters. The van der Waals surface area contributed by atoms with Crippen molar-refractivity contribution >= 4 is 34.7 Å². The summed E-state index contributed by atoms with van der Waals surface area (Å²) in [6, 6.07) is 16.5. The van der Waals surface area contributed by atoms with Crippen molar-refractivity contribution in [1.29, 1.82) is 0 Å². The van der Waals surface area contributed by atoms with E-state index >= 15 is 0 Å². The van der Waals surface area contributed by atoms with E-state index < -0.39 is 0 Å². The van der Waals surface area contributed by atoms with Crippen LogP contribution >= 0.6 is 0 Å². The number of carbonyl (C=O) groups excluding carboxylic acids is 1. The van der Waals surface area contributed by atoms with Gasteiger partial charge in [0.05, 0.1) is 5.56 Å². The molecule has 4 rings (SSSR count). The summed E-state index contributed by atoms with van der Waals surface area (Å²) in [5, 5.41) is 9.30. The fraction of sp³-hybridized carbons (Fsp3) is 0.130. The number of nitrogens with one attached hydrogen (secondary N) is 3. The summed E-state index contributed by atoms with van der Waals surface area (Å²) in [5.74, 6) is 3.72. The quantitative estimate of drug-likeness (QED) is 0.402. The third kappa shape index (κ3) is 5.05. The Hall–Kier alpha value is -4.20. The Morgan fingerprint density at radius 2 is 1.55 bits per heavy atom. The number of hydrogen-bond donors (Lipinski definition) is 3. The topological polar surface area (TPSA) is 105 Å². The van der Waals surface area contributed by atoms with Gasteiger partial charge in [0.15, 0.2) is 0 Å².